The Hall–Kier alpha value is -2.81. The van der Waals surface area contributed by atoms with E-state index < -0.39 is 5.97 Å². The molecule has 1 unspecified atom stereocenters. The molecule has 9 heteroatoms. The molecule has 0 N–H and O–H groups in total. The van der Waals surface area contributed by atoms with E-state index in [9.17, 15) is 9.59 Å². The maximum absolute atomic E-state index is 12.1. The largest absolute Gasteiger partial charge is 0.452 e. The smallest absolute Gasteiger partial charge is 0.338 e. The summed E-state index contributed by atoms with van der Waals surface area (Å²) in [5.74, 6) is -0.797. The van der Waals surface area contributed by atoms with Crippen LogP contribution in [-0.4, -0.2) is 69.4 Å². The molecule has 0 radical (unpaired) electrons. The third kappa shape index (κ3) is 3.74. The van der Waals surface area contributed by atoms with Crippen molar-refractivity contribution in [2.24, 2.45) is 0 Å². The average molecular weight is 331 g/mol. The molecule has 3 rings (SSSR count). The molecule has 1 aromatic heterocycles. The van der Waals surface area contributed by atoms with Crippen LogP contribution in [0.5, 0.6) is 0 Å². The average Bonchev–Trinajstić information content (AvgIpc) is 3.14. The third-order valence-corrected chi connectivity index (χ3v) is 3.62. The number of hydrogen-bond donors (Lipinski definition) is 0. The normalized spacial score (nSPS) is 17.5. The molecule has 2 heterocycles. The van der Waals surface area contributed by atoms with Gasteiger partial charge in [-0.2, -0.15) is 0 Å². The van der Waals surface area contributed by atoms with Crippen molar-refractivity contribution in [3.05, 3.63) is 36.2 Å². The second kappa shape index (κ2) is 7.18. The Morgan fingerprint density at radius 2 is 2.29 bits per heavy atom. The Balaban J connectivity index is 1.59. The van der Waals surface area contributed by atoms with E-state index in [4.69, 9.17) is 9.47 Å². The molecule has 1 saturated heterocycles. The van der Waals surface area contributed by atoms with Gasteiger partial charge in [-0.25, -0.2) is 9.48 Å². The lowest BCUT2D eigenvalue weighted by molar-refractivity contribution is -0.141. The molecule has 2 aromatic rings. The molecule has 1 fully saturated rings. The number of tetrazole rings is 1. The van der Waals surface area contributed by atoms with Crippen molar-refractivity contribution < 1.29 is 19.1 Å². The quantitative estimate of drug-likeness (QED) is 0.731. The minimum Gasteiger partial charge on any atom is -0.452 e. The number of hydrogen-bond acceptors (Lipinski definition) is 7. The number of ether oxygens (including phenoxy) is 2. The summed E-state index contributed by atoms with van der Waals surface area (Å²) >= 11 is 0. The number of amides is 1. The Labute approximate surface area is 138 Å². The predicted molar refractivity (Wildman–Crippen MR) is 81.4 cm³/mol. The van der Waals surface area contributed by atoms with Gasteiger partial charge in [0.15, 0.2) is 6.61 Å². The van der Waals surface area contributed by atoms with Crippen LogP contribution in [0.3, 0.4) is 0 Å². The fourth-order valence-corrected chi connectivity index (χ4v) is 2.40. The predicted octanol–water partition coefficient (Wildman–Crippen LogP) is 0.0664. The first kappa shape index (κ1) is 16.1. The van der Waals surface area contributed by atoms with E-state index in [-0.39, 0.29) is 18.6 Å². The molecule has 1 atom stereocenters. The van der Waals surface area contributed by atoms with Crippen LogP contribution in [0.25, 0.3) is 5.69 Å². The van der Waals surface area contributed by atoms with Crippen molar-refractivity contribution in [2.45, 2.75) is 13.0 Å². The Kier molecular flexibility index (Phi) is 4.80. The van der Waals surface area contributed by atoms with Crippen LogP contribution in [-0.2, 0) is 14.3 Å². The van der Waals surface area contributed by atoms with Crippen molar-refractivity contribution >= 4 is 11.9 Å². The molecular weight excluding hydrogens is 314 g/mol. The molecule has 1 aliphatic rings. The standard InChI is InChI=1S/C15H17N5O4/c1-11-8-19(5-6-23-11)14(21)9-24-15(22)12-3-2-4-13(7-12)20-10-16-17-18-20/h2-4,7,10-11H,5-6,8-9H2,1H3. The molecular formula is C15H17N5O4. The van der Waals surface area contributed by atoms with E-state index in [0.717, 1.165) is 0 Å². The summed E-state index contributed by atoms with van der Waals surface area (Å²) in [4.78, 5) is 25.9. The number of esters is 1. The first-order valence-electron chi connectivity index (χ1n) is 7.53. The second-order valence-electron chi connectivity index (χ2n) is 5.40. The third-order valence-electron chi connectivity index (χ3n) is 3.62. The lowest BCUT2D eigenvalue weighted by Crippen LogP contribution is -2.46. The van der Waals surface area contributed by atoms with Crippen LogP contribution in [0.15, 0.2) is 30.6 Å². The monoisotopic (exact) mass is 331 g/mol. The van der Waals surface area contributed by atoms with Crippen molar-refractivity contribution in [1.29, 1.82) is 0 Å². The molecule has 0 spiro atoms. The zero-order valence-electron chi connectivity index (χ0n) is 13.2. The van der Waals surface area contributed by atoms with Gasteiger partial charge >= 0.3 is 5.97 Å². The number of aromatic nitrogens is 4. The number of rotatable bonds is 4. The van der Waals surface area contributed by atoms with Crippen LogP contribution in [0.2, 0.25) is 0 Å². The van der Waals surface area contributed by atoms with Gasteiger partial charge in [0.05, 0.1) is 24.0 Å². The summed E-state index contributed by atoms with van der Waals surface area (Å²) in [6.45, 7) is 3.12. The first-order chi connectivity index (χ1) is 11.6. The first-order valence-corrected chi connectivity index (χ1v) is 7.53. The summed E-state index contributed by atoms with van der Waals surface area (Å²) in [6, 6.07) is 6.66. The van der Waals surface area contributed by atoms with Gasteiger partial charge in [0.1, 0.15) is 6.33 Å². The van der Waals surface area contributed by atoms with Crippen LogP contribution < -0.4 is 0 Å². The minimum absolute atomic E-state index is 0.00799. The van der Waals surface area contributed by atoms with E-state index in [2.05, 4.69) is 15.5 Å². The summed E-state index contributed by atoms with van der Waals surface area (Å²) in [5.41, 5.74) is 0.953. The highest BCUT2D eigenvalue weighted by Gasteiger charge is 2.22. The Bertz CT molecular complexity index is 718. The highest BCUT2D eigenvalue weighted by atomic mass is 16.5. The van der Waals surface area contributed by atoms with Gasteiger partial charge in [-0.1, -0.05) is 6.07 Å². The lowest BCUT2D eigenvalue weighted by Gasteiger charge is -2.30. The molecule has 1 amide bonds. The number of morpholine rings is 1. The summed E-state index contributed by atoms with van der Waals surface area (Å²) in [5, 5.41) is 10.9. The van der Waals surface area contributed by atoms with E-state index in [1.807, 2.05) is 6.92 Å². The maximum Gasteiger partial charge on any atom is 0.338 e. The number of benzene rings is 1. The summed E-state index contributed by atoms with van der Waals surface area (Å²) in [7, 11) is 0. The SMILES string of the molecule is CC1CN(C(=O)COC(=O)c2cccc(-n3cnnn3)c2)CCO1. The van der Waals surface area contributed by atoms with Crippen LogP contribution in [0, 0.1) is 0 Å². The molecule has 0 bridgehead atoms. The minimum atomic E-state index is -0.570. The number of carbonyl (C=O) groups excluding carboxylic acids is 2. The van der Waals surface area contributed by atoms with Gasteiger partial charge in [0.2, 0.25) is 0 Å². The molecule has 9 nitrogen and oxygen atoms in total. The van der Waals surface area contributed by atoms with Gasteiger partial charge in [-0.3, -0.25) is 4.79 Å². The Morgan fingerprint density at radius 1 is 1.42 bits per heavy atom. The fourth-order valence-electron chi connectivity index (χ4n) is 2.40. The molecule has 126 valence electrons. The second-order valence-corrected chi connectivity index (χ2v) is 5.40. The van der Waals surface area contributed by atoms with Gasteiger partial charge < -0.3 is 14.4 Å². The van der Waals surface area contributed by atoms with E-state index in [0.29, 0.717) is 30.9 Å². The number of carbonyl (C=O) groups is 2. The zero-order valence-corrected chi connectivity index (χ0v) is 13.2. The van der Waals surface area contributed by atoms with Gasteiger partial charge in [0.25, 0.3) is 5.91 Å². The van der Waals surface area contributed by atoms with Gasteiger partial charge in [-0.05, 0) is 35.5 Å². The van der Waals surface area contributed by atoms with E-state index in [1.165, 1.54) is 11.0 Å². The number of nitrogens with zero attached hydrogens (tertiary/aromatic N) is 5. The Morgan fingerprint density at radius 3 is 3.04 bits per heavy atom. The summed E-state index contributed by atoms with van der Waals surface area (Å²) in [6.07, 6.45) is 1.42. The van der Waals surface area contributed by atoms with Crippen molar-refractivity contribution in [2.75, 3.05) is 26.3 Å². The molecule has 1 aliphatic heterocycles. The van der Waals surface area contributed by atoms with Gasteiger partial charge in [0, 0.05) is 13.1 Å². The van der Waals surface area contributed by atoms with Crippen LogP contribution >= 0.6 is 0 Å². The molecule has 24 heavy (non-hydrogen) atoms. The topological polar surface area (TPSA) is 99.4 Å². The molecule has 0 aliphatic carbocycles. The van der Waals surface area contributed by atoms with Crippen molar-refractivity contribution in [1.82, 2.24) is 25.1 Å². The van der Waals surface area contributed by atoms with Crippen molar-refractivity contribution in [3.63, 3.8) is 0 Å². The van der Waals surface area contributed by atoms with Crippen LogP contribution in [0.1, 0.15) is 17.3 Å². The van der Waals surface area contributed by atoms with Gasteiger partial charge in [-0.15, -0.1) is 5.10 Å². The lowest BCUT2D eigenvalue weighted by atomic mass is 10.2. The van der Waals surface area contributed by atoms with E-state index in [1.54, 1.807) is 29.2 Å². The highest BCUT2D eigenvalue weighted by Crippen LogP contribution is 2.10. The van der Waals surface area contributed by atoms with Crippen LogP contribution in [0.4, 0.5) is 0 Å². The van der Waals surface area contributed by atoms with E-state index >= 15 is 0 Å². The highest BCUT2D eigenvalue weighted by molar-refractivity contribution is 5.91. The summed E-state index contributed by atoms with van der Waals surface area (Å²) < 4.78 is 11.9. The molecule has 1 aromatic carbocycles. The van der Waals surface area contributed by atoms with Crippen molar-refractivity contribution in [3.8, 4) is 5.69 Å². The maximum atomic E-state index is 12.1. The zero-order chi connectivity index (χ0) is 16.9. The fraction of sp³-hybridized carbons (Fsp3) is 0.400. The molecule has 0 saturated carbocycles.